The highest BCUT2D eigenvalue weighted by Gasteiger charge is 2.24. The number of amides is 1. The Labute approximate surface area is 129 Å². The van der Waals surface area contributed by atoms with Crippen molar-refractivity contribution in [3.05, 3.63) is 78.4 Å². The van der Waals surface area contributed by atoms with E-state index in [0.717, 1.165) is 16.3 Å². The third-order valence-corrected chi connectivity index (χ3v) is 3.90. The molecular weight excluding hydrogens is 274 g/mol. The van der Waals surface area contributed by atoms with E-state index < -0.39 is 6.09 Å². The molecule has 0 saturated carbocycles. The minimum atomic E-state index is -0.951. The highest BCUT2D eigenvalue weighted by Crippen LogP contribution is 2.32. The van der Waals surface area contributed by atoms with Crippen molar-refractivity contribution in [3.8, 4) is 0 Å². The number of rotatable bonds is 3. The van der Waals surface area contributed by atoms with E-state index in [0.29, 0.717) is 5.69 Å². The lowest BCUT2D eigenvalue weighted by Gasteiger charge is -2.28. The van der Waals surface area contributed by atoms with Gasteiger partial charge in [-0.15, -0.1) is 0 Å². The van der Waals surface area contributed by atoms with Gasteiger partial charge in [-0.25, -0.2) is 4.79 Å². The lowest BCUT2D eigenvalue weighted by molar-refractivity contribution is 0.199. The summed E-state index contributed by atoms with van der Waals surface area (Å²) < 4.78 is 0. The first-order valence-corrected chi connectivity index (χ1v) is 7.23. The van der Waals surface area contributed by atoms with Crippen molar-refractivity contribution in [1.29, 1.82) is 0 Å². The van der Waals surface area contributed by atoms with E-state index in [1.165, 1.54) is 4.90 Å². The monoisotopic (exact) mass is 291 g/mol. The molecule has 3 heteroatoms. The van der Waals surface area contributed by atoms with Crippen LogP contribution < -0.4 is 4.90 Å². The molecule has 0 aliphatic carbocycles. The van der Waals surface area contributed by atoms with Gasteiger partial charge in [0.2, 0.25) is 0 Å². The van der Waals surface area contributed by atoms with Gasteiger partial charge in [-0.1, -0.05) is 66.7 Å². The maximum atomic E-state index is 11.9. The number of nitrogens with zero attached hydrogens (tertiary/aromatic N) is 1. The molecule has 0 aromatic heterocycles. The highest BCUT2D eigenvalue weighted by atomic mass is 16.4. The Bertz CT molecular complexity index is 793. The SMILES string of the molecule is CC(c1ccccc1)N(C(=O)O)c1cccc2ccccc12. The molecule has 0 aliphatic rings. The lowest BCUT2D eigenvalue weighted by atomic mass is 10.0. The molecule has 0 aliphatic heterocycles. The molecule has 3 nitrogen and oxygen atoms in total. The van der Waals surface area contributed by atoms with Gasteiger partial charge in [-0.3, -0.25) is 4.90 Å². The summed E-state index contributed by atoms with van der Waals surface area (Å²) in [5.41, 5.74) is 1.68. The van der Waals surface area contributed by atoms with Gasteiger partial charge in [0.25, 0.3) is 0 Å². The summed E-state index contributed by atoms with van der Waals surface area (Å²) in [6, 6.07) is 23.0. The Balaban J connectivity index is 2.13. The first kappa shape index (κ1) is 14.1. The van der Waals surface area contributed by atoms with E-state index in [-0.39, 0.29) is 6.04 Å². The van der Waals surface area contributed by atoms with Gasteiger partial charge < -0.3 is 5.11 Å². The third kappa shape index (κ3) is 2.53. The summed E-state index contributed by atoms with van der Waals surface area (Å²) in [6.07, 6.45) is -0.951. The van der Waals surface area contributed by atoms with Crippen molar-refractivity contribution in [2.24, 2.45) is 0 Å². The van der Waals surface area contributed by atoms with E-state index >= 15 is 0 Å². The molecule has 22 heavy (non-hydrogen) atoms. The summed E-state index contributed by atoms with van der Waals surface area (Å²) in [5, 5.41) is 11.7. The number of fused-ring (bicyclic) bond motifs is 1. The largest absolute Gasteiger partial charge is 0.465 e. The van der Waals surface area contributed by atoms with Crippen LogP contribution in [0.25, 0.3) is 10.8 Å². The number of anilines is 1. The van der Waals surface area contributed by atoms with Gasteiger partial charge in [0.1, 0.15) is 0 Å². The first-order chi connectivity index (χ1) is 10.7. The molecule has 1 atom stereocenters. The van der Waals surface area contributed by atoms with Crippen molar-refractivity contribution in [1.82, 2.24) is 0 Å². The molecule has 0 radical (unpaired) electrons. The van der Waals surface area contributed by atoms with Crippen LogP contribution in [0, 0.1) is 0 Å². The molecule has 3 aromatic carbocycles. The van der Waals surface area contributed by atoms with Crippen molar-refractivity contribution >= 4 is 22.6 Å². The van der Waals surface area contributed by atoms with E-state index in [4.69, 9.17) is 0 Å². The molecular formula is C19H17NO2. The van der Waals surface area contributed by atoms with Crippen LogP contribution in [-0.4, -0.2) is 11.2 Å². The molecule has 3 rings (SSSR count). The van der Waals surface area contributed by atoms with Crippen LogP contribution in [0.2, 0.25) is 0 Å². The molecule has 0 spiro atoms. The number of hydrogen-bond acceptors (Lipinski definition) is 1. The van der Waals surface area contributed by atoms with Gasteiger partial charge >= 0.3 is 6.09 Å². The van der Waals surface area contributed by atoms with E-state index in [1.807, 2.05) is 79.7 Å². The molecule has 0 bridgehead atoms. The van der Waals surface area contributed by atoms with Gasteiger partial charge in [0.05, 0.1) is 11.7 Å². The van der Waals surface area contributed by atoms with Gasteiger partial charge in [-0.2, -0.15) is 0 Å². The van der Waals surface area contributed by atoms with Crippen LogP contribution in [0.1, 0.15) is 18.5 Å². The average Bonchev–Trinajstić information content (AvgIpc) is 2.56. The molecule has 1 amide bonds. The van der Waals surface area contributed by atoms with E-state index in [1.54, 1.807) is 0 Å². The fourth-order valence-electron chi connectivity index (χ4n) is 2.78. The summed E-state index contributed by atoms with van der Waals surface area (Å²) in [7, 11) is 0. The zero-order valence-corrected chi connectivity index (χ0v) is 12.3. The highest BCUT2D eigenvalue weighted by molar-refractivity contribution is 6.01. The van der Waals surface area contributed by atoms with Crippen molar-refractivity contribution in [2.45, 2.75) is 13.0 Å². The summed E-state index contributed by atoms with van der Waals surface area (Å²) in [5.74, 6) is 0. The Morgan fingerprint density at radius 3 is 2.27 bits per heavy atom. The summed E-state index contributed by atoms with van der Waals surface area (Å²) in [4.78, 5) is 13.3. The smallest absolute Gasteiger partial charge is 0.412 e. The van der Waals surface area contributed by atoms with Gasteiger partial charge in [0, 0.05) is 5.39 Å². The average molecular weight is 291 g/mol. The Morgan fingerprint density at radius 1 is 0.909 bits per heavy atom. The number of carboxylic acid groups (broad SMARTS) is 1. The molecule has 0 saturated heterocycles. The van der Waals surface area contributed by atoms with Crippen LogP contribution in [0.15, 0.2) is 72.8 Å². The van der Waals surface area contributed by atoms with Crippen LogP contribution >= 0.6 is 0 Å². The van der Waals surface area contributed by atoms with Crippen molar-refractivity contribution in [3.63, 3.8) is 0 Å². The maximum absolute atomic E-state index is 11.9. The molecule has 0 heterocycles. The van der Waals surface area contributed by atoms with E-state index in [2.05, 4.69) is 0 Å². The minimum absolute atomic E-state index is 0.260. The van der Waals surface area contributed by atoms with E-state index in [9.17, 15) is 9.90 Å². The van der Waals surface area contributed by atoms with Crippen LogP contribution in [-0.2, 0) is 0 Å². The lowest BCUT2D eigenvalue weighted by Crippen LogP contribution is -2.32. The molecule has 3 aromatic rings. The zero-order chi connectivity index (χ0) is 15.5. The molecule has 1 N–H and O–H groups in total. The predicted octanol–water partition coefficient (Wildman–Crippen LogP) is 5.09. The second-order valence-corrected chi connectivity index (χ2v) is 5.24. The Kier molecular flexibility index (Phi) is 3.79. The zero-order valence-electron chi connectivity index (χ0n) is 12.3. The first-order valence-electron chi connectivity index (χ1n) is 7.23. The number of hydrogen-bond donors (Lipinski definition) is 1. The van der Waals surface area contributed by atoms with Gasteiger partial charge in [-0.05, 0) is 23.9 Å². The predicted molar refractivity (Wildman–Crippen MR) is 89.3 cm³/mol. The van der Waals surface area contributed by atoms with Crippen LogP contribution in [0.5, 0.6) is 0 Å². The fraction of sp³-hybridized carbons (Fsp3) is 0.105. The quantitative estimate of drug-likeness (QED) is 0.730. The Morgan fingerprint density at radius 2 is 1.55 bits per heavy atom. The normalized spacial score (nSPS) is 12.0. The van der Waals surface area contributed by atoms with Crippen LogP contribution in [0.3, 0.4) is 0 Å². The Hall–Kier alpha value is -2.81. The summed E-state index contributed by atoms with van der Waals surface area (Å²) in [6.45, 7) is 1.91. The minimum Gasteiger partial charge on any atom is -0.465 e. The van der Waals surface area contributed by atoms with Crippen molar-refractivity contribution < 1.29 is 9.90 Å². The number of benzene rings is 3. The second kappa shape index (κ2) is 5.90. The number of carbonyl (C=O) groups is 1. The van der Waals surface area contributed by atoms with Crippen molar-refractivity contribution in [2.75, 3.05) is 4.90 Å². The standard InChI is InChI=1S/C19H17NO2/c1-14(15-8-3-2-4-9-15)20(19(21)22)18-13-7-11-16-10-5-6-12-17(16)18/h2-14H,1H3,(H,21,22). The topological polar surface area (TPSA) is 40.5 Å². The second-order valence-electron chi connectivity index (χ2n) is 5.24. The maximum Gasteiger partial charge on any atom is 0.412 e. The third-order valence-electron chi connectivity index (χ3n) is 3.90. The molecule has 110 valence electrons. The molecule has 1 unspecified atom stereocenters. The van der Waals surface area contributed by atoms with Gasteiger partial charge in [0.15, 0.2) is 0 Å². The fourth-order valence-corrected chi connectivity index (χ4v) is 2.78. The van der Waals surface area contributed by atoms with Crippen LogP contribution in [0.4, 0.5) is 10.5 Å². The molecule has 0 fully saturated rings. The summed E-state index contributed by atoms with van der Waals surface area (Å²) >= 11 is 0.